The minimum Gasteiger partial charge on any atom is -0.493 e. The van der Waals surface area contributed by atoms with Gasteiger partial charge in [-0.05, 0) is 44.9 Å². The summed E-state index contributed by atoms with van der Waals surface area (Å²) in [5.74, 6) is 0.626. The molecule has 2 amide bonds. The molecule has 0 aromatic heterocycles. The van der Waals surface area contributed by atoms with Gasteiger partial charge in [-0.1, -0.05) is 48.9 Å². The lowest BCUT2D eigenvalue weighted by Crippen LogP contribution is -2.51. The Balaban J connectivity index is 2.22. The molecule has 0 heterocycles. The fourth-order valence-electron chi connectivity index (χ4n) is 3.15. The third-order valence-electron chi connectivity index (χ3n) is 4.71. The van der Waals surface area contributed by atoms with E-state index in [2.05, 4.69) is 5.32 Å². The van der Waals surface area contributed by atoms with Gasteiger partial charge in [0.05, 0.1) is 7.11 Å². The van der Waals surface area contributed by atoms with E-state index in [1.54, 1.807) is 24.1 Å². The zero-order chi connectivity index (χ0) is 22.1. The quantitative estimate of drug-likeness (QED) is 0.646. The highest BCUT2D eigenvalue weighted by molar-refractivity contribution is 5.88. The maximum absolute atomic E-state index is 13.2. The Kier molecular flexibility index (Phi) is 8.71. The third kappa shape index (κ3) is 6.51. The van der Waals surface area contributed by atoms with Gasteiger partial charge in [0.1, 0.15) is 6.04 Å². The van der Waals surface area contributed by atoms with E-state index in [0.717, 1.165) is 11.1 Å². The summed E-state index contributed by atoms with van der Waals surface area (Å²) in [6, 6.07) is 14.5. The molecule has 0 fully saturated rings. The highest BCUT2D eigenvalue weighted by atomic mass is 16.5. The lowest BCUT2D eigenvalue weighted by atomic mass is 10.1. The highest BCUT2D eigenvalue weighted by Crippen LogP contribution is 2.26. The predicted molar refractivity (Wildman–Crippen MR) is 118 cm³/mol. The molecule has 1 atom stereocenters. The summed E-state index contributed by atoms with van der Waals surface area (Å²) >= 11 is 0. The molecular weight excluding hydrogens is 380 g/mol. The second-order valence-corrected chi connectivity index (χ2v) is 7.53. The average Bonchev–Trinajstić information content (AvgIpc) is 2.73. The molecule has 30 heavy (non-hydrogen) atoms. The molecule has 0 spiro atoms. The van der Waals surface area contributed by atoms with Gasteiger partial charge >= 0.3 is 0 Å². The number of aryl methyl sites for hydroxylation is 1. The summed E-state index contributed by atoms with van der Waals surface area (Å²) in [7, 11) is 1.55. The van der Waals surface area contributed by atoms with Gasteiger partial charge in [-0.2, -0.15) is 0 Å². The van der Waals surface area contributed by atoms with Crippen LogP contribution < -0.4 is 14.8 Å². The van der Waals surface area contributed by atoms with E-state index < -0.39 is 6.04 Å². The number of methoxy groups -OCH3 is 1. The van der Waals surface area contributed by atoms with Crippen LogP contribution in [0.5, 0.6) is 11.5 Å². The van der Waals surface area contributed by atoms with Crippen LogP contribution in [0.2, 0.25) is 0 Å². The number of carbonyl (C=O) groups excluding carboxylic acids is 2. The van der Waals surface area contributed by atoms with Gasteiger partial charge in [0, 0.05) is 12.6 Å². The van der Waals surface area contributed by atoms with E-state index in [4.69, 9.17) is 9.47 Å². The molecule has 0 unspecified atom stereocenters. The van der Waals surface area contributed by atoms with Gasteiger partial charge < -0.3 is 19.7 Å². The van der Waals surface area contributed by atoms with Gasteiger partial charge in [-0.3, -0.25) is 9.59 Å². The van der Waals surface area contributed by atoms with Crippen LogP contribution in [0.15, 0.2) is 48.5 Å². The van der Waals surface area contributed by atoms with Crippen molar-refractivity contribution in [1.82, 2.24) is 10.2 Å². The molecular formula is C24H32N2O4. The van der Waals surface area contributed by atoms with Crippen LogP contribution in [-0.4, -0.2) is 42.5 Å². The topological polar surface area (TPSA) is 67.9 Å². The number of ether oxygens (including phenoxy) is 2. The number of rotatable bonds is 10. The van der Waals surface area contributed by atoms with Gasteiger partial charge in [0.25, 0.3) is 5.91 Å². The summed E-state index contributed by atoms with van der Waals surface area (Å²) in [5.41, 5.74) is 2.10. The molecule has 2 rings (SSSR count). The van der Waals surface area contributed by atoms with Crippen LogP contribution in [0.3, 0.4) is 0 Å². The van der Waals surface area contributed by atoms with E-state index in [1.807, 2.05) is 64.1 Å². The number of nitrogens with zero attached hydrogens (tertiary/aromatic N) is 1. The van der Waals surface area contributed by atoms with Crippen LogP contribution in [0.25, 0.3) is 0 Å². The van der Waals surface area contributed by atoms with Crippen molar-refractivity contribution in [2.75, 3.05) is 13.7 Å². The monoisotopic (exact) mass is 412 g/mol. The van der Waals surface area contributed by atoms with Crippen LogP contribution in [0, 0.1) is 6.92 Å². The Morgan fingerprint density at radius 2 is 1.67 bits per heavy atom. The SMILES string of the molecule is CC[C@H](C(=O)NC(C)C)N(Cc1ccc(C)cc1)C(=O)COc1ccccc1OC. The number of amides is 2. The summed E-state index contributed by atoms with van der Waals surface area (Å²) in [5, 5.41) is 2.92. The molecule has 1 N–H and O–H groups in total. The maximum atomic E-state index is 13.2. The Morgan fingerprint density at radius 3 is 2.23 bits per heavy atom. The van der Waals surface area contributed by atoms with Crippen molar-refractivity contribution in [3.63, 3.8) is 0 Å². The lowest BCUT2D eigenvalue weighted by Gasteiger charge is -2.31. The Bertz CT molecular complexity index is 833. The standard InChI is InChI=1S/C24H32N2O4/c1-6-20(24(28)25-17(2)3)26(15-19-13-11-18(4)12-14-19)23(27)16-30-22-10-8-7-9-21(22)29-5/h7-14,17,20H,6,15-16H2,1-5H3,(H,25,28)/t20-/m1/s1. The summed E-state index contributed by atoms with van der Waals surface area (Å²) in [6.45, 7) is 7.87. The fourth-order valence-corrected chi connectivity index (χ4v) is 3.15. The Labute approximate surface area is 179 Å². The Hall–Kier alpha value is -3.02. The van der Waals surface area contributed by atoms with Crippen molar-refractivity contribution in [2.45, 2.75) is 52.7 Å². The average molecular weight is 413 g/mol. The lowest BCUT2D eigenvalue weighted by molar-refractivity contribution is -0.143. The molecule has 0 aliphatic rings. The number of nitrogens with one attached hydrogen (secondary N) is 1. The zero-order valence-corrected chi connectivity index (χ0v) is 18.5. The van der Waals surface area contributed by atoms with Gasteiger partial charge in [0.2, 0.25) is 5.91 Å². The van der Waals surface area contributed by atoms with Gasteiger partial charge in [0.15, 0.2) is 18.1 Å². The molecule has 6 heteroatoms. The molecule has 6 nitrogen and oxygen atoms in total. The van der Waals surface area contributed by atoms with E-state index in [9.17, 15) is 9.59 Å². The fraction of sp³-hybridized carbons (Fsp3) is 0.417. The normalized spacial score (nSPS) is 11.7. The number of para-hydroxylation sites is 2. The van der Waals surface area contributed by atoms with Crippen molar-refractivity contribution in [3.05, 3.63) is 59.7 Å². The first-order chi connectivity index (χ1) is 14.3. The summed E-state index contributed by atoms with van der Waals surface area (Å²) in [6.07, 6.45) is 0.505. The van der Waals surface area contributed by atoms with Gasteiger partial charge in [-0.25, -0.2) is 0 Å². The first-order valence-electron chi connectivity index (χ1n) is 10.3. The third-order valence-corrected chi connectivity index (χ3v) is 4.71. The van der Waals surface area contributed by atoms with Crippen molar-refractivity contribution < 1.29 is 19.1 Å². The molecule has 162 valence electrons. The molecule has 0 saturated carbocycles. The van der Waals surface area contributed by atoms with Crippen LogP contribution in [-0.2, 0) is 16.1 Å². The molecule has 2 aromatic rings. The summed E-state index contributed by atoms with van der Waals surface area (Å²) in [4.78, 5) is 27.5. The van der Waals surface area contributed by atoms with Crippen LogP contribution in [0.4, 0.5) is 0 Å². The minimum atomic E-state index is -0.581. The van der Waals surface area contributed by atoms with Gasteiger partial charge in [-0.15, -0.1) is 0 Å². The van der Waals surface area contributed by atoms with E-state index >= 15 is 0 Å². The Morgan fingerprint density at radius 1 is 1.03 bits per heavy atom. The summed E-state index contributed by atoms with van der Waals surface area (Å²) < 4.78 is 11.0. The predicted octanol–water partition coefficient (Wildman–Crippen LogP) is 3.71. The van der Waals surface area contributed by atoms with Crippen LogP contribution >= 0.6 is 0 Å². The number of benzene rings is 2. The number of carbonyl (C=O) groups is 2. The van der Waals surface area contributed by atoms with E-state index in [0.29, 0.717) is 24.5 Å². The number of hydrogen-bond donors (Lipinski definition) is 1. The first kappa shape index (κ1) is 23.3. The molecule has 0 aliphatic carbocycles. The first-order valence-corrected chi connectivity index (χ1v) is 10.3. The molecule has 2 aromatic carbocycles. The zero-order valence-electron chi connectivity index (χ0n) is 18.5. The van der Waals surface area contributed by atoms with E-state index in [1.165, 1.54) is 0 Å². The van der Waals surface area contributed by atoms with E-state index in [-0.39, 0.29) is 24.5 Å². The molecule has 0 aliphatic heterocycles. The number of hydrogen-bond acceptors (Lipinski definition) is 4. The smallest absolute Gasteiger partial charge is 0.261 e. The maximum Gasteiger partial charge on any atom is 0.261 e. The second kappa shape index (κ2) is 11.2. The highest BCUT2D eigenvalue weighted by Gasteiger charge is 2.29. The van der Waals surface area contributed by atoms with Crippen molar-refractivity contribution >= 4 is 11.8 Å². The second-order valence-electron chi connectivity index (χ2n) is 7.53. The van der Waals surface area contributed by atoms with Crippen molar-refractivity contribution in [1.29, 1.82) is 0 Å². The minimum absolute atomic E-state index is 0.00675. The molecule has 0 radical (unpaired) electrons. The van der Waals surface area contributed by atoms with Crippen molar-refractivity contribution in [3.8, 4) is 11.5 Å². The molecule has 0 saturated heterocycles. The largest absolute Gasteiger partial charge is 0.493 e. The molecule has 0 bridgehead atoms. The van der Waals surface area contributed by atoms with Crippen LogP contribution in [0.1, 0.15) is 38.3 Å². The van der Waals surface area contributed by atoms with Crippen molar-refractivity contribution in [2.24, 2.45) is 0 Å².